The molecule has 2 heterocycles. The van der Waals surface area contributed by atoms with E-state index in [9.17, 15) is 0 Å². The second-order valence-electron chi connectivity index (χ2n) is 4.17. The van der Waals surface area contributed by atoms with Crippen LogP contribution >= 0.6 is 23.7 Å². The average molecular weight is 247 g/mol. The highest BCUT2D eigenvalue weighted by Crippen LogP contribution is 2.22. The van der Waals surface area contributed by atoms with Crippen LogP contribution in [0.3, 0.4) is 0 Å². The van der Waals surface area contributed by atoms with Gasteiger partial charge in [0.15, 0.2) is 0 Å². The first kappa shape index (κ1) is 13.0. The minimum atomic E-state index is 0. The van der Waals surface area contributed by atoms with E-state index < -0.39 is 0 Å². The van der Waals surface area contributed by atoms with E-state index in [1.165, 1.54) is 15.3 Å². The lowest BCUT2D eigenvalue weighted by Crippen LogP contribution is -2.55. The van der Waals surface area contributed by atoms with E-state index in [0.29, 0.717) is 0 Å². The maximum Gasteiger partial charge on any atom is 0.0345 e. The summed E-state index contributed by atoms with van der Waals surface area (Å²) in [7, 11) is 2.22. The van der Waals surface area contributed by atoms with Gasteiger partial charge in [0.05, 0.1) is 0 Å². The van der Waals surface area contributed by atoms with Gasteiger partial charge in [0.2, 0.25) is 0 Å². The van der Waals surface area contributed by atoms with Gasteiger partial charge in [-0.15, -0.1) is 23.7 Å². The molecule has 86 valence electrons. The highest BCUT2D eigenvalue weighted by atomic mass is 35.5. The van der Waals surface area contributed by atoms with E-state index in [2.05, 4.69) is 37.2 Å². The Balaban J connectivity index is 0.00000112. The molecule has 0 saturated carbocycles. The molecule has 0 amide bonds. The summed E-state index contributed by atoms with van der Waals surface area (Å²) in [6.45, 7) is 7.81. The Labute approximate surface area is 102 Å². The third-order valence-electron chi connectivity index (χ3n) is 2.95. The van der Waals surface area contributed by atoms with E-state index in [4.69, 9.17) is 0 Å². The predicted octanol–water partition coefficient (Wildman–Crippen LogP) is 2.19. The molecule has 1 aliphatic rings. The molecule has 0 unspecified atom stereocenters. The molecule has 1 aromatic heterocycles. The molecule has 1 aliphatic heterocycles. The minimum Gasteiger partial charge on any atom is -0.314 e. The van der Waals surface area contributed by atoms with Crippen molar-refractivity contribution in [1.29, 1.82) is 0 Å². The van der Waals surface area contributed by atoms with Gasteiger partial charge in [0, 0.05) is 35.4 Å². The van der Waals surface area contributed by atoms with Crippen LogP contribution in [0.1, 0.15) is 15.3 Å². The van der Waals surface area contributed by atoms with E-state index in [0.717, 1.165) is 25.7 Å². The van der Waals surface area contributed by atoms with Crippen molar-refractivity contribution >= 4 is 23.7 Å². The fourth-order valence-corrected chi connectivity index (χ4v) is 2.76. The third-order valence-corrected chi connectivity index (χ3v) is 3.96. The van der Waals surface area contributed by atoms with Crippen molar-refractivity contribution in [3.05, 3.63) is 21.4 Å². The number of halogens is 1. The van der Waals surface area contributed by atoms with Crippen molar-refractivity contribution in [2.24, 2.45) is 0 Å². The molecule has 1 fully saturated rings. The van der Waals surface area contributed by atoms with Gasteiger partial charge in [-0.1, -0.05) is 0 Å². The molecular weight excluding hydrogens is 228 g/mol. The molecule has 2 nitrogen and oxygen atoms in total. The van der Waals surface area contributed by atoms with Gasteiger partial charge in [-0.2, -0.15) is 0 Å². The summed E-state index contributed by atoms with van der Waals surface area (Å²) < 4.78 is 0. The first-order valence-corrected chi connectivity index (χ1v) is 5.95. The largest absolute Gasteiger partial charge is 0.314 e. The smallest absolute Gasteiger partial charge is 0.0345 e. The summed E-state index contributed by atoms with van der Waals surface area (Å²) in [5.41, 5.74) is 1.50. The lowest BCUT2D eigenvalue weighted by molar-refractivity contribution is 0.173. The number of hydrogen-bond acceptors (Lipinski definition) is 3. The average Bonchev–Trinajstić information content (AvgIpc) is 2.26. The first-order valence-electron chi connectivity index (χ1n) is 5.13. The van der Waals surface area contributed by atoms with Gasteiger partial charge in [0.25, 0.3) is 0 Å². The van der Waals surface area contributed by atoms with E-state index in [1.807, 2.05) is 11.3 Å². The topological polar surface area (TPSA) is 15.3 Å². The fraction of sp³-hybridized carbons (Fsp3) is 0.636. The van der Waals surface area contributed by atoms with Gasteiger partial charge >= 0.3 is 0 Å². The molecule has 0 radical (unpaired) electrons. The van der Waals surface area contributed by atoms with Crippen molar-refractivity contribution in [3.8, 4) is 0 Å². The summed E-state index contributed by atoms with van der Waals surface area (Å²) in [5, 5.41) is 3.31. The van der Waals surface area contributed by atoms with Crippen LogP contribution in [-0.2, 0) is 6.54 Å². The molecule has 0 atom stereocenters. The zero-order valence-electron chi connectivity index (χ0n) is 9.54. The third kappa shape index (κ3) is 2.94. The van der Waals surface area contributed by atoms with Crippen LogP contribution in [0.2, 0.25) is 0 Å². The molecule has 1 saturated heterocycles. The molecule has 1 aromatic rings. The Hall–Kier alpha value is -0.0900. The van der Waals surface area contributed by atoms with Crippen LogP contribution in [0, 0.1) is 13.8 Å². The molecule has 15 heavy (non-hydrogen) atoms. The first-order chi connectivity index (χ1) is 6.66. The Bertz CT molecular complexity index is 320. The number of aryl methyl sites for hydroxylation is 2. The summed E-state index contributed by atoms with van der Waals surface area (Å²) in [5.74, 6) is 0. The van der Waals surface area contributed by atoms with Crippen LogP contribution < -0.4 is 5.32 Å². The van der Waals surface area contributed by atoms with Gasteiger partial charge in [-0.3, -0.25) is 4.90 Å². The lowest BCUT2D eigenvalue weighted by atomic mass is 10.1. The van der Waals surface area contributed by atoms with Crippen LogP contribution in [0.5, 0.6) is 0 Å². The molecule has 0 aromatic carbocycles. The number of rotatable bonds is 3. The number of thiophene rings is 1. The van der Waals surface area contributed by atoms with Crippen LogP contribution in [0.4, 0.5) is 0 Å². The van der Waals surface area contributed by atoms with Crippen molar-refractivity contribution in [2.45, 2.75) is 26.4 Å². The highest BCUT2D eigenvalue weighted by molar-refractivity contribution is 7.12. The normalized spacial score (nSPS) is 16.3. The van der Waals surface area contributed by atoms with Crippen LogP contribution in [0.25, 0.3) is 0 Å². The number of nitrogens with zero attached hydrogens (tertiary/aromatic N) is 1. The molecule has 4 heteroatoms. The van der Waals surface area contributed by atoms with E-state index in [1.54, 1.807) is 0 Å². The number of hydrogen-bond donors (Lipinski definition) is 1. The zero-order chi connectivity index (χ0) is 10.1. The van der Waals surface area contributed by atoms with E-state index in [-0.39, 0.29) is 12.4 Å². The fourth-order valence-electron chi connectivity index (χ4n) is 1.82. The SMILES string of the molecule is Cc1cc(CN(C)C2CNC2)c(C)s1.Cl. The molecule has 1 N–H and O–H groups in total. The van der Waals surface area contributed by atoms with Crippen LogP contribution in [-0.4, -0.2) is 31.1 Å². The van der Waals surface area contributed by atoms with Gasteiger partial charge in [-0.25, -0.2) is 0 Å². The van der Waals surface area contributed by atoms with Crippen LogP contribution in [0.15, 0.2) is 6.07 Å². The molecule has 2 rings (SSSR count). The van der Waals surface area contributed by atoms with Crippen molar-refractivity contribution in [3.63, 3.8) is 0 Å². The second-order valence-corrected chi connectivity index (χ2v) is 5.63. The second kappa shape index (κ2) is 5.30. The Morgan fingerprint density at radius 3 is 2.53 bits per heavy atom. The quantitative estimate of drug-likeness (QED) is 0.880. The summed E-state index contributed by atoms with van der Waals surface area (Å²) in [6, 6.07) is 3.07. The van der Waals surface area contributed by atoms with Crippen molar-refractivity contribution < 1.29 is 0 Å². The number of nitrogens with one attached hydrogen (secondary N) is 1. The van der Waals surface area contributed by atoms with Crippen molar-refractivity contribution in [1.82, 2.24) is 10.2 Å². The zero-order valence-corrected chi connectivity index (χ0v) is 11.2. The Kier molecular flexibility index (Phi) is 4.59. The summed E-state index contributed by atoms with van der Waals surface area (Å²) >= 11 is 1.91. The van der Waals surface area contributed by atoms with E-state index >= 15 is 0 Å². The van der Waals surface area contributed by atoms with Crippen molar-refractivity contribution in [2.75, 3.05) is 20.1 Å². The standard InChI is InChI=1S/C11H18N2S.ClH/c1-8-4-10(9(2)14-8)7-13(3)11-5-12-6-11;/h4,11-12H,5-7H2,1-3H3;1H. The summed E-state index contributed by atoms with van der Waals surface area (Å²) in [6.07, 6.45) is 0. The lowest BCUT2D eigenvalue weighted by Gasteiger charge is -2.35. The van der Waals surface area contributed by atoms with Gasteiger partial charge in [-0.05, 0) is 32.5 Å². The maximum atomic E-state index is 3.31. The molecule has 0 bridgehead atoms. The molecular formula is C11H19ClN2S. The maximum absolute atomic E-state index is 3.31. The number of likely N-dealkylation sites (N-methyl/N-ethyl adjacent to an activating group) is 1. The Morgan fingerprint density at radius 1 is 1.47 bits per heavy atom. The molecule has 0 spiro atoms. The monoisotopic (exact) mass is 246 g/mol. The van der Waals surface area contributed by atoms with Gasteiger partial charge < -0.3 is 5.32 Å². The Morgan fingerprint density at radius 2 is 2.13 bits per heavy atom. The predicted molar refractivity (Wildman–Crippen MR) is 69.2 cm³/mol. The highest BCUT2D eigenvalue weighted by Gasteiger charge is 2.21. The van der Waals surface area contributed by atoms with Gasteiger partial charge in [0.1, 0.15) is 0 Å². The molecule has 0 aliphatic carbocycles. The summed E-state index contributed by atoms with van der Waals surface area (Å²) in [4.78, 5) is 5.35. The minimum absolute atomic E-state index is 0.